The van der Waals surface area contributed by atoms with Crippen LogP contribution in [0.15, 0.2) is 54.6 Å². The Bertz CT molecular complexity index is 770. The molecule has 0 saturated heterocycles. The van der Waals surface area contributed by atoms with Crippen LogP contribution in [0.1, 0.15) is 62.6 Å². The molecule has 30 heavy (non-hydrogen) atoms. The molecular formula is C26H34F2N2. The average molecular weight is 413 g/mol. The maximum Gasteiger partial charge on any atom is 0.138 e. The molecule has 0 bridgehead atoms. The summed E-state index contributed by atoms with van der Waals surface area (Å²) in [5, 5.41) is 7.32. The van der Waals surface area contributed by atoms with Gasteiger partial charge in [0.15, 0.2) is 0 Å². The first kappa shape index (κ1) is 24.0. The molecule has 0 spiro atoms. The van der Waals surface area contributed by atoms with Crippen LogP contribution in [-0.4, -0.2) is 29.8 Å². The molecule has 0 radical (unpaired) electrons. The second kappa shape index (κ2) is 12.4. The van der Waals surface area contributed by atoms with E-state index in [1.54, 1.807) is 6.07 Å². The monoisotopic (exact) mass is 412 g/mol. The summed E-state index contributed by atoms with van der Waals surface area (Å²) in [6, 6.07) is 21.0. The van der Waals surface area contributed by atoms with Crippen molar-refractivity contribution < 1.29 is 8.78 Å². The molecule has 2 aromatic rings. The van der Waals surface area contributed by atoms with Gasteiger partial charge in [0.05, 0.1) is 6.07 Å². The molecule has 3 rings (SSSR count). The molecule has 1 saturated carbocycles. The van der Waals surface area contributed by atoms with Crippen LogP contribution in [0.25, 0.3) is 0 Å². The number of nitriles is 1. The van der Waals surface area contributed by atoms with Crippen molar-refractivity contribution >= 4 is 0 Å². The third-order valence-corrected chi connectivity index (χ3v) is 5.83. The van der Waals surface area contributed by atoms with E-state index < -0.39 is 12.3 Å². The van der Waals surface area contributed by atoms with Crippen molar-refractivity contribution in [2.24, 2.45) is 0 Å². The number of hydrogen-bond acceptors (Lipinski definition) is 2. The highest BCUT2D eigenvalue weighted by Gasteiger charge is 2.42. The van der Waals surface area contributed by atoms with Crippen molar-refractivity contribution in [2.75, 3.05) is 6.54 Å². The first-order chi connectivity index (χ1) is 14.5. The second-order valence-electron chi connectivity index (χ2n) is 8.11. The van der Waals surface area contributed by atoms with Crippen LogP contribution in [0.4, 0.5) is 8.78 Å². The molecule has 4 heteroatoms. The maximum absolute atomic E-state index is 13.6. The van der Waals surface area contributed by atoms with E-state index in [9.17, 15) is 8.78 Å². The molecule has 0 heterocycles. The minimum Gasteiger partial charge on any atom is -0.296 e. The number of alkyl halides is 2. The van der Waals surface area contributed by atoms with E-state index in [0.717, 1.165) is 37.9 Å². The molecule has 0 amide bonds. The molecule has 0 N–H and O–H groups in total. The number of rotatable bonds is 9. The van der Waals surface area contributed by atoms with Crippen LogP contribution in [-0.2, 0) is 13.0 Å². The average Bonchev–Trinajstić information content (AvgIpc) is 2.77. The van der Waals surface area contributed by atoms with Crippen molar-refractivity contribution in [3.05, 3.63) is 71.3 Å². The smallest absolute Gasteiger partial charge is 0.138 e. The zero-order valence-corrected chi connectivity index (χ0v) is 18.4. The van der Waals surface area contributed by atoms with E-state index in [0.29, 0.717) is 12.5 Å². The Labute approximate surface area is 180 Å². The molecule has 1 fully saturated rings. The topological polar surface area (TPSA) is 27.0 Å². The standard InChI is InChI=1S/C24H31F2N.C2H3N/c1-3-15-27(17-20-7-5-4-6-8-20)18(2)9-10-19-11-13-21(14-12-19)22-16-23(25)24(22)26;1-2-3/h4-8,11-14,18,22-24H,3,9-10,15-17H2,1-2H3;1H3. The predicted molar refractivity (Wildman–Crippen MR) is 120 cm³/mol. The van der Waals surface area contributed by atoms with Crippen molar-refractivity contribution in [2.45, 2.75) is 77.3 Å². The van der Waals surface area contributed by atoms with Gasteiger partial charge in [-0.05, 0) is 55.8 Å². The zero-order chi connectivity index (χ0) is 21.9. The molecule has 0 aromatic heterocycles. The summed E-state index contributed by atoms with van der Waals surface area (Å²) in [6.45, 7) is 8.04. The molecule has 162 valence electrons. The Kier molecular flexibility index (Phi) is 9.97. The van der Waals surface area contributed by atoms with Crippen molar-refractivity contribution in [3.63, 3.8) is 0 Å². The van der Waals surface area contributed by atoms with Gasteiger partial charge in [0.2, 0.25) is 0 Å². The SMILES string of the molecule is CC#N.CCCN(Cc1ccccc1)C(C)CCc1ccc(C2CC(F)C2F)cc1. The zero-order valence-electron chi connectivity index (χ0n) is 18.4. The van der Waals surface area contributed by atoms with Crippen LogP contribution in [0.3, 0.4) is 0 Å². The highest BCUT2D eigenvalue weighted by molar-refractivity contribution is 5.29. The van der Waals surface area contributed by atoms with Crippen LogP contribution in [0.2, 0.25) is 0 Å². The number of nitrogens with zero attached hydrogens (tertiary/aromatic N) is 2. The van der Waals surface area contributed by atoms with Crippen LogP contribution < -0.4 is 0 Å². The molecular weight excluding hydrogens is 378 g/mol. The van der Waals surface area contributed by atoms with Gasteiger partial charge in [-0.25, -0.2) is 8.78 Å². The van der Waals surface area contributed by atoms with E-state index >= 15 is 0 Å². The number of hydrogen-bond donors (Lipinski definition) is 0. The molecule has 2 nitrogen and oxygen atoms in total. The molecule has 1 aliphatic rings. The minimum absolute atomic E-state index is 0.251. The second-order valence-corrected chi connectivity index (χ2v) is 8.11. The van der Waals surface area contributed by atoms with Crippen molar-refractivity contribution in [1.29, 1.82) is 5.26 Å². The normalized spacial score (nSPS) is 21.2. The molecule has 4 unspecified atom stereocenters. The fourth-order valence-electron chi connectivity index (χ4n) is 3.93. The Hall–Kier alpha value is -2.25. The van der Waals surface area contributed by atoms with Crippen LogP contribution in [0, 0.1) is 11.3 Å². The van der Waals surface area contributed by atoms with Crippen molar-refractivity contribution in [1.82, 2.24) is 4.90 Å². The summed E-state index contributed by atoms with van der Waals surface area (Å²) in [4.78, 5) is 2.55. The van der Waals surface area contributed by atoms with Crippen molar-refractivity contribution in [3.8, 4) is 6.07 Å². The van der Waals surface area contributed by atoms with E-state index in [2.05, 4.69) is 61.2 Å². The van der Waals surface area contributed by atoms with Gasteiger partial charge in [0.1, 0.15) is 12.3 Å². The van der Waals surface area contributed by atoms with E-state index in [-0.39, 0.29) is 5.92 Å². The van der Waals surface area contributed by atoms with Gasteiger partial charge in [0.25, 0.3) is 0 Å². The van der Waals surface area contributed by atoms with Gasteiger partial charge in [-0.3, -0.25) is 4.90 Å². The van der Waals surface area contributed by atoms with Gasteiger partial charge < -0.3 is 0 Å². The van der Waals surface area contributed by atoms with Gasteiger partial charge in [-0.15, -0.1) is 0 Å². The van der Waals surface area contributed by atoms with Gasteiger partial charge in [-0.1, -0.05) is 61.5 Å². The largest absolute Gasteiger partial charge is 0.296 e. The lowest BCUT2D eigenvalue weighted by Crippen LogP contribution is -2.38. The summed E-state index contributed by atoms with van der Waals surface area (Å²) >= 11 is 0. The highest BCUT2D eigenvalue weighted by Crippen LogP contribution is 2.41. The molecule has 0 aliphatic heterocycles. The third kappa shape index (κ3) is 6.92. The van der Waals surface area contributed by atoms with Crippen LogP contribution in [0.5, 0.6) is 0 Å². The summed E-state index contributed by atoms with van der Waals surface area (Å²) < 4.78 is 26.6. The molecule has 2 aromatic carbocycles. The Balaban J connectivity index is 0.00000101. The third-order valence-electron chi connectivity index (χ3n) is 5.83. The first-order valence-corrected chi connectivity index (χ1v) is 11.0. The lowest BCUT2D eigenvalue weighted by Gasteiger charge is -2.34. The quantitative estimate of drug-likeness (QED) is 0.463. The summed E-state index contributed by atoms with van der Waals surface area (Å²) in [6.07, 6.45) is 0.969. The predicted octanol–water partition coefficient (Wildman–Crippen LogP) is 6.61. The lowest BCUT2D eigenvalue weighted by atomic mass is 9.76. The number of benzene rings is 2. The molecule has 4 atom stereocenters. The lowest BCUT2D eigenvalue weighted by molar-refractivity contribution is 0.0428. The summed E-state index contributed by atoms with van der Waals surface area (Å²) in [5.41, 5.74) is 3.56. The number of halogens is 2. The van der Waals surface area contributed by atoms with E-state index in [4.69, 9.17) is 5.26 Å². The Morgan fingerprint density at radius 3 is 2.23 bits per heavy atom. The first-order valence-electron chi connectivity index (χ1n) is 11.0. The fraction of sp³-hybridized carbons (Fsp3) is 0.500. The fourth-order valence-corrected chi connectivity index (χ4v) is 3.93. The molecule has 1 aliphatic carbocycles. The highest BCUT2D eigenvalue weighted by atomic mass is 19.2. The Morgan fingerprint density at radius 2 is 1.70 bits per heavy atom. The Morgan fingerprint density at radius 1 is 1.07 bits per heavy atom. The van der Waals surface area contributed by atoms with Gasteiger partial charge in [-0.2, -0.15) is 5.26 Å². The maximum atomic E-state index is 13.6. The van der Waals surface area contributed by atoms with E-state index in [1.165, 1.54) is 18.1 Å². The van der Waals surface area contributed by atoms with E-state index in [1.807, 2.05) is 12.1 Å². The van der Waals surface area contributed by atoms with Gasteiger partial charge in [0, 0.05) is 25.4 Å². The number of aryl methyl sites for hydroxylation is 1. The summed E-state index contributed by atoms with van der Waals surface area (Å²) in [5.74, 6) is -0.251. The minimum atomic E-state index is -1.32. The summed E-state index contributed by atoms with van der Waals surface area (Å²) in [7, 11) is 0. The van der Waals surface area contributed by atoms with Crippen LogP contribution >= 0.6 is 0 Å². The van der Waals surface area contributed by atoms with Gasteiger partial charge >= 0.3 is 0 Å².